The lowest BCUT2D eigenvalue weighted by Crippen LogP contribution is -2.52. The predicted octanol–water partition coefficient (Wildman–Crippen LogP) is 5.97. The van der Waals surface area contributed by atoms with E-state index in [0.717, 1.165) is 30.8 Å². The Kier molecular flexibility index (Phi) is 5.07. The number of likely N-dealkylation sites (tertiary alicyclic amines) is 1. The van der Waals surface area contributed by atoms with Crippen molar-refractivity contribution in [3.8, 4) is 0 Å². The first-order valence-corrected chi connectivity index (χ1v) is 12.4. The monoisotopic (exact) mass is 406 g/mol. The minimum Gasteiger partial charge on any atom is -0.342 e. The van der Waals surface area contributed by atoms with Crippen molar-refractivity contribution in [3.05, 3.63) is 36.2 Å². The van der Waals surface area contributed by atoms with Gasteiger partial charge in [-0.15, -0.1) is 0 Å². The van der Waals surface area contributed by atoms with Crippen LogP contribution in [0.5, 0.6) is 0 Å². The molecule has 3 nitrogen and oxygen atoms in total. The second kappa shape index (κ2) is 7.50. The van der Waals surface area contributed by atoms with Crippen molar-refractivity contribution in [2.75, 3.05) is 13.1 Å². The number of hydrogen-bond acceptors (Lipinski definition) is 2. The normalized spacial score (nSPS) is 40.6. The molecule has 3 heteroatoms. The summed E-state index contributed by atoms with van der Waals surface area (Å²) in [6.45, 7) is 9.14. The van der Waals surface area contributed by atoms with Gasteiger partial charge in [-0.2, -0.15) is 0 Å². The lowest BCUT2D eigenvalue weighted by atomic mass is 9.46. The van der Waals surface area contributed by atoms with E-state index in [1.54, 1.807) is 5.57 Å². The first kappa shape index (κ1) is 20.3. The first-order valence-electron chi connectivity index (χ1n) is 12.4. The lowest BCUT2D eigenvalue weighted by Gasteiger charge is -2.59. The zero-order valence-corrected chi connectivity index (χ0v) is 19.1. The van der Waals surface area contributed by atoms with Crippen molar-refractivity contribution in [2.45, 2.75) is 72.1 Å². The van der Waals surface area contributed by atoms with Crippen LogP contribution in [-0.2, 0) is 4.79 Å². The number of carbonyl (C=O) groups is 1. The van der Waals surface area contributed by atoms with Gasteiger partial charge in [0.1, 0.15) is 0 Å². The van der Waals surface area contributed by atoms with Gasteiger partial charge < -0.3 is 4.90 Å². The fraction of sp³-hybridized carbons (Fsp3) is 0.704. The van der Waals surface area contributed by atoms with Crippen molar-refractivity contribution in [1.82, 2.24) is 9.88 Å². The molecular formula is C27H38N2O. The van der Waals surface area contributed by atoms with Crippen LogP contribution >= 0.6 is 0 Å². The molecule has 2 saturated carbocycles. The van der Waals surface area contributed by atoms with E-state index < -0.39 is 0 Å². The highest BCUT2D eigenvalue weighted by molar-refractivity contribution is 5.76. The molecule has 1 saturated heterocycles. The molecule has 0 spiro atoms. The summed E-state index contributed by atoms with van der Waals surface area (Å²) >= 11 is 0. The van der Waals surface area contributed by atoms with Crippen LogP contribution < -0.4 is 0 Å². The highest BCUT2D eigenvalue weighted by atomic mass is 16.2. The van der Waals surface area contributed by atoms with E-state index in [0.29, 0.717) is 29.1 Å². The number of allylic oxidation sites excluding steroid dienone is 2. The van der Waals surface area contributed by atoms with E-state index in [1.165, 1.54) is 50.5 Å². The van der Waals surface area contributed by atoms with Crippen molar-refractivity contribution < 1.29 is 4.79 Å². The summed E-state index contributed by atoms with van der Waals surface area (Å²) in [6.07, 6.45) is 16.2. The minimum atomic E-state index is 0.308. The topological polar surface area (TPSA) is 33.2 Å². The molecule has 1 amide bonds. The summed E-state index contributed by atoms with van der Waals surface area (Å²) in [7, 11) is 0. The Bertz CT molecular complexity index is 833. The van der Waals surface area contributed by atoms with E-state index in [2.05, 4.69) is 48.1 Å². The van der Waals surface area contributed by atoms with E-state index in [4.69, 9.17) is 0 Å². The van der Waals surface area contributed by atoms with Crippen LogP contribution in [0.15, 0.2) is 30.6 Å². The van der Waals surface area contributed by atoms with E-state index in [1.807, 2.05) is 13.1 Å². The van der Waals surface area contributed by atoms with E-state index >= 15 is 0 Å². The van der Waals surface area contributed by atoms with E-state index in [-0.39, 0.29) is 0 Å². The molecule has 2 heterocycles. The molecule has 162 valence electrons. The molecule has 3 aliphatic carbocycles. The molecule has 4 aliphatic rings. The Morgan fingerprint density at radius 1 is 1.20 bits per heavy atom. The molecule has 1 unspecified atom stereocenters. The van der Waals surface area contributed by atoms with Gasteiger partial charge in [0.15, 0.2) is 0 Å². The Labute approximate surface area is 182 Å². The van der Waals surface area contributed by atoms with Gasteiger partial charge in [-0.05, 0) is 96.7 Å². The van der Waals surface area contributed by atoms with Gasteiger partial charge in [-0.1, -0.05) is 32.9 Å². The second-order valence-corrected chi connectivity index (χ2v) is 11.0. The molecule has 30 heavy (non-hydrogen) atoms. The third-order valence-electron chi connectivity index (χ3n) is 9.86. The average molecular weight is 407 g/mol. The highest BCUT2D eigenvalue weighted by Gasteiger charge is 2.58. The molecule has 1 aromatic heterocycles. The predicted molar refractivity (Wildman–Crippen MR) is 122 cm³/mol. The first-order chi connectivity index (χ1) is 14.5. The number of rotatable bonds is 2. The average Bonchev–Trinajstić information content (AvgIpc) is 3.01. The van der Waals surface area contributed by atoms with Crippen molar-refractivity contribution >= 4 is 11.5 Å². The molecular weight excluding hydrogens is 368 g/mol. The van der Waals surface area contributed by atoms with Gasteiger partial charge >= 0.3 is 0 Å². The molecule has 0 radical (unpaired) electrons. The second-order valence-electron chi connectivity index (χ2n) is 11.0. The van der Waals surface area contributed by atoms with Crippen molar-refractivity contribution in [3.63, 3.8) is 0 Å². The van der Waals surface area contributed by atoms with Crippen LogP contribution in [0, 0.1) is 34.5 Å². The van der Waals surface area contributed by atoms with Gasteiger partial charge in [0.2, 0.25) is 5.91 Å². The number of amides is 1. The largest absolute Gasteiger partial charge is 0.342 e. The van der Waals surface area contributed by atoms with Crippen LogP contribution in [0.1, 0.15) is 77.7 Å². The number of aromatic nitrogens is 1. The van der Waals surface area contributed by atoms with Crippen LogP contribution in [0.3, 0.4) is 0 Å². The maximum Gasteiger partial charge on any atom is 0.222 e. The summed E-state index contributed by atoms with van der Waals surface area (Å²) in [5.74, 6) is 3.49. The molecule has 0 aromatic carbocycles. The van der Waals surface area contributed by atoms with Gasteiger partial charge in [0, 0.05) is 31.9 Å². The highest BCUT2D eigenvalue weighted by Crippen LogP contribution is 2.66. The Morgan fingerprint density at radius 3 is 2.83 bits per heavy atom. The minimum absolute atomic E-state index is 0.308. The third-order valence-corrected chi connectivity index (χ3v) is 9.86. The van der Waals surface area contributed by atoms with Gasteiger partial charge in [0.25, 0.3) is 0 Å². The van der Waals surface area contributed by atoms with Gasteiger partial charge in [-0.25, -0.2) is 0 Å². The molecule has 0 N–H and O–H groups in total. The Balaban J connectivity index is 1.40. The van der Waals surface area contributed by atoms with Crippen molar-refractivity contribution in [2.24, 2.45) is 34.5 Å². The fourth-order valence-electron chi connectivity index (χ4n) is 8.22. The quantitative estimate of drug-likeness (QED) is 0.606. The van der Waals surface area contributed by atoms with Crippen LogP contribution in [-0.4, -0.2) is 28.9 Å². The summed E-state index contributed by atoms with van der Waals surface area (Å²) in [5.41, 5.74) is 3.61. The van der Waals surface area contributed by atoms with Crippen LogP contribution in [0.25, 0.3) is 5.57 Å². The van der Waals surface area contributed by atoms with Crippen LogP contribution in [0.4, 0.5) is 0 Å². The molecule has 1 aliphatic heterocycles. The lowest BCUT2D eigenvalue weighted by molar-refractivity contribution is -0.133. The molecule has 5 rings (SSSR count). The molecule has 3 fully saturated rings. The van der Waals surface area contributed by atoms with Crippen molar-refractivity contribution in [1.29, 1.82) is 0 Å². The van der Waals surface area contributed by atoms with Gasteiger partial charge in [-0.3, -0.25) is 9.78 Å². The maximum atomic E-state index is 12.5. The zero-order valence-electron chi connectivity index (χ0n) is 19.1. The molecule has 6 atom stereocenters. The SMILES string of the molecule is CCC(=O)N1CCC[C@@]2(C)C(CC[C@@H]3[C@@H]2CC[C@]2(C)C(c4cccnc4)=CC[C@@H]32)C1. The number of carbonyl (C=O) groups excluding carboxylic acids is 1. The molecule has 0 bridgehead atoms. The standard InChI is InChI=1S/C27H38N2O/c1-4-25(30)29-16-6-13-26(2)20(18-29)8-9-21-23-11-10-22(19-7-5-15-28-17-19)27(23,3)14-12-24(21)26/h5,7,10,15,17,20-21,23-24H,4,6,8-9,11-14,16,18H2,1-3H3/t20?,21-,23-,24-,26-,27+/m0/s1. The van der Waals surface area contributed by atoms with E-state index in [9.17, 15) is 4.79 Å². The molecule has 1 aromatic rings. The summed E-state index contributed by atoms with van der Waals surface area (Å²) < 4.78 is 0. The Morgan fingerprint density at radius 2 is 2.07 bits per heavy atom. The zero-order chi connectivity index (χ0) is 20.9. The number of fused-ring (bicyclic) bond motifs is 5. The summed E-state index contributed by atoms with van der Waals surface area (Å²) in [4.78, 5) is 19.1. The summed E-state index contributed by atoms with van der Waals surface area (Å²) in [5, 5.41) is 0. The fourth-order valence-corrected chi connectivity index (χ4v) is 8.22. The third kappa shape index (κ3) is 2.99. The Hall–Kier alpha value is -1.64. The maximum absolute atomic E-state index is 12.5. The summed E-state index contributed by atoms with van der Waals surface area (Å²) in [6, 6.07) is 4.33. The number of pyridine rings is 1. The van der Waals surface area contributed by atoms with Crippen LogP contribution in [0.2, 0.25) is 0 Å². The number of nitrogens with zero attached hydrogens (tertiary/aromatic N) is 2. The number of hydrogen-bond donors (Lipinski definition) is 0. The van der Waals surface area contributed by atoms with Gasteiger partial charge in [0.05, 0.1) is 0 Å². The smallest absolute Gasteiger partial charge is 0.222 e.